The fourth-order valence-corrected chi connectivity index (χ4v) is 3.15. The lowest BCUT2D eigenvalue weighted by Crippen LogP contribution is -2.26. The van der Waals surface area contributed by atoms with E-state index < -0.39 is 0 Å². The zero-order valence-electron chi connectivity index (χ0n) is 15.6. The molecule has 0 aliphatic rings. The minimum atomic E-state index is 0.00159. The molecule has 0 bridgehead atoms. The number of aromatic nitrogens is 2. The lowest BCUT2D eigenvalue weighted by atomic mass is 10.2. The van der Waals surface area contributed by atoms with E-state index in [0.717, 1.165) is 28.4 Å². The van der Waals surface area contributed by atoms with Gasteiger partial charge in [0.2, 0.25) is 0 Å². The lowest BCUT2D eigenvalue weighted by molar-refractivity contribution is 0.0784. The first-order chi connectivity index (χ1) is 12.5. The molecule has 0 radical (unpaired) electrons. The maximum Gasteiger partial charge on any atom is 0.255 e. The molecule has 134 valence electrons. The molecule has 3 aromatic rings. The van der Waals surface area contributed by atoms with Crippen LogP contribution in [0.1, 0.15) is 27.3 Å². The number of aryl methyl sites for hydroxylation is 1. The van der Waals surface area contributed by atoms with Crippen molar-refractivity contribution < 1.29 is 9.53 Å². The van der Waals surface area contributed by atoms with Crippen LogP contribution in [0.4, 0.5) is 0 Å². The largest absolute Gasteiger partial charge is 0.497 e. The average Bonchev–Trinajstić information content (AvgIpc) is 2.96. The predicted molar refractivity (Wildman–Crippen MR) is 102 cm³/mol. The van der Waals surface area contributed by atoms with E-state index in [9.17, 15) is 4.79 Å². The van der Waals surface area contributed by atoms with E-state index in [1.807, 2.05) is 63.4 Å². The van der Waals surface area contributed by atoms with Gasteiger partial charge in [0.25, 0.3) is 5.91 Å². The first-order valence-electron chi connectivity index (χ1n) is 8.49. The van der Waals surface area contributed by atoms with Gasteiger partial charge in [0.1, 0.15) is 5.75 Å². The SMILES string of the molecule is COc1ccc(-n2c(C)cc(C(=O)N(C)Cc3cccnc3)c2C)cc1. The Morgan fingerprint density at radius 2 is 1.92 bits per heavy atom. The Kier molecular flexibility index (Phi) is 5.07. The van der Waals surface area contributed by atoms with Gasteiger partial charge in [-0.15, -0.1) is 0 Å². The molecule has 0 aliphatic carbocycles. The van der Waals surface area contributed by atoms with Crippen LogP contribution in [0.3, 0.4) is 0 Å². The van der Waals surface area contributed by atoms with Gasteiger partial charge in [0, 0.05) is 43.1 Å². The summed E-state index contributed by atoms with van der Waals surface area (Å²) in [7, 11) is 3.46. The van der Waals surface area contributed by atoms with Crippen molar-refractivity contribution in [3.05, 3.63) is 77.4 Å². The van der Waals surface area contributed by atoms with E-state index in [2.05, 4.69) is 9.55 Å². The van der Waals surface area contributed by atoms with Gasteiger partial charge in [0.15, 0.2) is 0 Å². The summed E-state index contributed by atoms with van der Waals surface area (Å²) in [6, 6.07) is 13.6. The van der Waals surface area contributed by atoms with E-state index in [0.29, 0.717) is 12.1 Å². The van der Waals surface area contributed by atoms with E-state index >= 15 is 0 Å². The summed E-state index contributed by atoms with van der Waals surface area (Å²) in [5.74, 6) is 0.811. The van der Waals surface area contributed by atoms with Crippen LogP contribution in [-0.4, -0.2) is 34.5 Å². The highest BCUT2D eigenvalue weighted by Gasteiger charge is 2.20. The molecule has 2 aromatic heterocycles. The Bertz CT molecular complexity index is 899. The number of carbonyl (C=O) groups is 1. The van der Waals surface area contributed by atoms with Crippen molar-refractivity contribution in [2.75, 3.05) is 14.2 Å². The number of benzene rings is 1. The highest BCUT2D eigenvalue weighted by Crippen LogP contribution is 2.24. The Balaban J connectivity index is 1.87. The second-order valence-electron chi connectivity index (χ2n) is 6.34. The van der Waals surface area contributed by atoms with E-state index in [1.54, 1.807) is 24.4 Å². The van der Waals surface area contributed by atoms with Crippen molar-refractivity contribution in [2.24, 2.45) is 0 Å². The van der Waals surface area contributed by atoms with Gasteiger partial charge < -0.3 is 14.2 Å². The lowest BCUT2D eigenvalue weighted by Gasteiger charge is -2.17. The molecule has 5 nitrogen and oxygen atoms in total. The van der Waals surface area contributed by atoms with Crippen molar-refractivity contribution in [3.8, 4) is 11.4 Å². The maximum absolute atomic E-state index is 12.9. The normalized spacial score (nSPS) is 10.6. The highest BCUT2D eigenvalue weighted by atomic mass is 16.5. The second kappa shape index (κ2) is 7.44. The van der Waals surface area contributed by atoms with Gasteiger partial charge in [-0.05, 0) is 55.8 Å². The molecular weight excluding hydrogens is 326 g/mol. The molecule has 0 N–H and O–H groups in total. The Morgan fingerprint density at radius 1 is 1.19 bits per heavy atom. The number of carbonyl (C=O) groups excluding carboxylic acids is 1. The molecule has 5 heteroatoms. The Labute approximate surface area is 153 Å². The van der Waals surface area contributed by atoms with Crippen LogP contribution in [0.5, 0.6) is 5.75 Å². The van der Waals surface area contributed by atoms with Gasteiger partial charge in [-0.25, -0.2) is 0 Å². The van der Waals surface area contributed by atoms with E-state index in [-0.39, 0.29) is 5.91 Å². The molecule has 1 aromatic carbocycles. The number of hydrogen-bond acceptors (Lipinski definition) is 3. The number of ether oxygens (including phenoxy) is 1. The number of pyridine rings is 1. The molecule has 3 rings (SSSR count). The van der Waals surface area contributed by atoms with Crippen LogP contribution in [0.15, 0.2) is 54.9 Å². The Morgan fingerprint density at radius 3 is 2.54 bits per heavy atom. The van der Waals surface area contributed by atoms with Crippen molar-refractivity contribution in [3.63, 3.8) is 0 Å². The van der Waals surface area contributed by atoms with Gasteiger partial charge in [-0.2, -0.15) is 0 Å². The van der Waals surface area contributed by atoms with Crippen molar-refractivity contribution in [1.82, 2.24) is 14.5 Å². The number of hydrogen-bond donors (Lipinski definition) is 0. The fraction of sp³-hybridized carbons (Fsp3) is 0.238. The molecule has 2 heterocycles. The zero-order valence-corrected chi connectivity index (χ0v) is 15.6. The predicted octanol–water partition coefficient (Wildman–Crippen LogP) is 3.77. The Hall–Kier alpha value is -3.08. The first-order valence-corrected chi connectivity index (χ1v) is 8.49. The van der Waals surface area contributed by atoms with Gasteiger partial charge in [0.05, 0.1) is 12.7 Å². The zero-order chi connectivity index (χ0) is 18.7. The molecule has 26 heavy (non-hydrogen) atoms. The smallest absolute Gasteiger partial charge is 0.255 e. The first kappa shape index (κ1) is 17.7. The molecule has 0 unspecified atom stereocenters. The molecule has 0 spiro atoms. The monoisotopic (exact) mass is 349 g/mol. The minimum Gasteiger partial charge on any atom is -0.497 e. The minimum absolute atomic E-state index is 0.00159. The third kappa shape index (κ3) is 3.47. The summed E-state index contributed by atoms with van der Waals surface area (Å²) in [5, 5.41) is 0. The van der Waals surface area contributed by atoms with E-state index in [1.165, 1.54) is 0 Å². The highest BCUT2D eigenvalue weighted by molar-refractivity contribution is 5.95. The molecule has 0 atom stereocenters. The summed E-state index contributed by atoms with van der Waals surface area (Å²) in [5.41, 5.74) is 4.67. The third-order valence-corrected chi connectivity index (χ3v) is 4.48. The molecule has 0 fully saturated rings. The van der Waals surface area contributed by atoms with Gasteiger partial charge in [-0.1, -0.05) is 6.07 Å². The van der Waals surface area contributed by atoms with Crippen molar-refractivity contribution in [1.29, 1.82) is 0 Å². The van der Waals surface area contributed by atoms with Crippen LogP contribution in [0, 0.1) is 13.8 Å². The van der Waals surface area contributed by atoms with Gasteiger partial charge in [-0.3, -0.25) is 9.78 Å². The maximum atomic E-state index is 12.9. The van der Waals surface area contributed by atoms with Crippen LogP contribution < -0.4 is 4.74 Å². The molecular formula is C21H23N3O2. The topological polar surface area (TPSA) is 47.4 Å². The summed E-state index contributed by atoms with van der Waals surface area (Å²) < 4.78 is 7.31. The molecule has 1 amide bonds. The van der Waals surface area contributed by atoms with E-state index in [4.69, 9.17) is 4.74 Å². The van der Waals surface area contributed by atoms with Crippen LogP contribution >= 0.6 is 0 Å². The average molecular weight is 349 g/mol. The van der Waals surface area contributed by atoms with Crippen molar-refractivity contribution in [2.45, 2.75) is 20.4 Å². The number of amides is 1. The van der Waals surface area contributed by atoms with Crippen LogP contribution in [0.25, 0.3) is 5.69 Å². The molecule has 0 saturated heterocycles. The number of methoxy groups -OCH3 is 1. The van der Waals surface area contributed by atoms with Crippen molar-refractivity contribution >= 4 is 5.91 Å². The second-order valence-corrected chi connectivity index (χ2v) is 6.34. The fourth-order valence-electron chi connectivity index (χ4n) is 3.15. The quantitative estimate of drug-likeness (QED) is 0.704. The summed E-state index contributed by atoms with van der Waals surface area (Å²) in [6.07, 6.45) is 3.51. The third-order valence-electron chi connectivity index (χ3n) is 4.48. The van der Waals surface area contributed by atoms with Gasteiger partial charge >= 0.3 is 0 Å². The van der Waals surface area contributed by atoms with Crippen LogP contribution in [0.2, 0.25) is 0 Å². The number of nitrogens with zero attached hydrogens (tertiary/aromatic N) is 3. The molecule has 0 aliphatic heterocycles. The summed E-state index contributed by atoms with van der Waals surface area (Å²) >= 11 is 0. The standard InChI is InChI=1S/C21H23N3O2/c1-15-12-20(21(25)23(3)14-17-6-5-11-22-13-17)16(2)24(15)18-7-9-19(26-4)10-8-18/h5-13H,14H2,1-4H3. The van der Waals surface area contributed by atoms with Crippen LogP contribution in [-0.2, 0) is 6.54 Å². The summed E-state index contributed by atoms with van der Waals surface area (Å²) in [6.45, 7) is 4.51. The molecule has 0 saturated carbocycles. The number of rotatable bonds is 5. The summed E-state index contributed by atoms with van der Waals surface area (Å²) in [4.78, 5) is 18.8.